The highest BCUT2D eigenvalue weighted by Gasteiger charge is 2.20. The van der Waals surface area contributed by atoms with Crippen molar-refractivity contribution in [3.63, 3.8) is 0 Å². The van der Waals surface area contributed by atoms with E-state index in [-0.39, 0.29) is 12.5 Å². The highest BCUT2D eigenvalue weighted by Crippen LogP contribution is 2.14. The Bertz CT molecular complexity index is 389. The van der Waals surface area contributed by atoms with Crippen molar-refractivity contribution in [1.29, 1.82) is 0 Å². The summed E-state index contributed by atoms with van der Waals surface area (Å²) in [4.78, 5) is 10.9. The summed E-state index contributed by atoms with van der Waals surface area (Å²) in [6.45, 7) is 3.89. The van der Waals surface area contributed by atoms with Crippen LogP contribution in [0.5, 0.6) is 0 Å². The Hall–Kier alpha value is -1.13. The fourth-order valence-corrected chi connectivity index (χ4v) is 1.79. The van der Waals surface area contributed by atoms with Gasteiger partial charge in [-0.15, -0.1) is 0 Å². The standard InChI is InChI=1S/C12H15ClFNO2/c1-7(2)11(12(16)17)15-6-8-3-9(13)5-10(14)4-8/h3-5,7,11,15H,6H2,1-2H3,(H,16,17). The molecule has 0 saturated carbocycles. The number of nitrogens with one attached hydrogen (secondary N) is 1. The third kappa shape index (κ3) is 4.32. The van der Waals surface area contributed by atoms with E-state index in [0.717, 1.165) is 0 Å². The number of carbonyl (C=O) groups is 1. The summed E-state index contributed by atoms with van der Waals surface area (Å²) < 4.78 is 13.0. The van der Waals surface area contributed by atoms with Crippen LogP contribution in [0.2, 0.25) is 5.02 Å². The highest BCUT2D eigenvalue weighted by molar-refractivity contribution is 6.30. The predicted molar refractivity (Wildman–Crippen MR) is 64.5 cm³/mol. The van der Waals surface area contributed by atoms with Crippen LogP contribution < -0.4 is 5.32 Å². The number of benzene rings is 1. The maximum Gasteiger partial charge on any atom is 0.320 e. The van der Waals surface area contributed by atoms with Gasteiger partial charge >= 0.3 is 5.97 Å². The molecule has 2 N–H and O–H groups in total. The average molecular weight is 260 g/mol. The summed E-state index contributed by atoms with van der Waals surface area (Å²) in [7, 11) is 0. The molecule has 0 aromatic heterocycles. The van der Waals surface area contributed by atoms with Gasteiger partial charge in [-0.1, -0.05) is 25.4 Å². The molecule has 0 amide bonds. The minimum atomic E-state index is -0.914. The number of aliphatic carboxylic acids is 1. The average Bonchev–Trinajstić information content (AvgIpc) is 2.14. The van der Waals surface area contributed by atoms with Gasteiger partial charge in [0.05, 0.1) is 0 Å². The van der Waals surface area contributed by atoms with E-state index in [4.69, 9.17) is 16.7 Å². The van der Waals surface area contributed by atoms with E-state index < -0.39 is 17.8 Å². The SMILES string of the molecule is CC(C)C(NCc1cc(F)cc(Cl)c1)C(=O)O. The first-order chi connectivity index (χ1) is 7.90. The highest BCUT2D eigenvalue weighted by atomic mass is 35.5. The van der Waals surface area contributed by atoms with E-state index in [1.807, 2.05) is 13.8 Å². The first-order valence-corrected chi connectivity index (χ1v) is 5.69. The van der Waals surface area contributed by atoms with Gasteiger partial charge in [0.2, 0.25) is 0 Å². The first-order valence-electron chi connectivity index (χ1n) is 5.31. The first kappa shape index (κ1) is 13.9. The van der Waals surface area contributed by atoms with Gasteiger partial charge in [0.1, 0.15) is 11.9 Å². The second-order valence-electron chi connectivity index (χ2n) is 4.22. The Morgan fingerprint density at radius 1 is 1.47 bits per heavy atom. The number of carboxylic acid groups (broad SMARTS) is 1. The van der Waals surface area contributed by atoms with Crippen LogP contribution in [0.3, 0.4) is 0 Å². The molecule has 94 valence electrons. The molecule has 0 aliphatic rings. The second-order valence-corrected chi connectivity index (χ2v) is 4.65. The number of hydrogen-bond acceptors (Lipinski definition) is 2. The smallest absolute Gasteiger partial charge is 0.320 e. The van der Waals surface area contributed by atoms with Crippen molar-refractivity contribution in [2.75, 3.05) is 0 Å². The maximum absolute atomic E-state index is 13.0. The molecule has 1 rings (SSSR count). The third-order valence-electron chi connectivity index (χ3n) is 2.38. The molecule has 1 atom stereocenters. The van der Waals surface area contributed by atoms with Crippen molar-refractivity contribution in [3.8, 4) is 0 Å². The largest absolute Gasteiger partial charge is 0.480 e. The fourth-order valence-electron chi connectivity index (χ4n) is 1.55. The second kappa shape index (κ2) is 5.98. The molecule has 0 saturated heterocycles. The molecule has 0 heterocycles. The van der Waals surface area contributed by atoms with Gasteiger partial charge in [0.15, 0.2) is 0 Å². The number of hydrogen-bond donors (Lipinski definition) is 2. The van der Waals surface area contributed by atoms with E-state index in [1.165, 1.54) is 12.1 Å². The summed E-state index contributed by atoms with van der Waals surface area (Å²) in [5.74, 6) is -1.38. The van der Waals surface area contributed by atoms with Crippen LogP contribution in [0.1, 0.15) is 19.4 Å². The Balaban J connectivity index is 2.68. The molecule has 0 fully saturated rings. The lowest BCUT2D eigenvalue weighted by Crippen LogP contribution is -2.40. The molecular formula is C12H15ClFNO2. The normalized spacial score (nSPS) is 12.8. The lowest BCUT2D eigenvalue weighted by Gasteiger charge is -2.17. The molecule has 1 unspecified atom stereocenters. The predicted octanol–water partition coefficient (Wildman–Crippen LogP) is 2.68. The van der Waals surface area contributed by atoms with E-state index in [0.29, 0.717) is 10.6 Å². The summed E-state index contributed by atoms with van der Waals surface area (Å²) in [5.41, 5.74) is 0.627. The van der Waals surface area contributed by atoms with Crippen molar-refractivity contribution in [2.45, 2.75) is 26.4 Å². The molecule has 3 nitrogen and oxygen atoms in total. The van der Waals surface area contributed by atoms with Crippen LogP contribution in [0.15, 0.2) is 18.2 Å². The Morgan fingerprint density at radius 3 is 2.59 bits per heavy atom. The zero-order valence-electron chi connectivity index (χ0n) is 9.71. The van der Waals surface area contributed by atoms with Crippen LogP contribution in [0.4, 0.5) is 4.39 Å². The number of rotatable bonds is 5. The molecule has 1 aromatic carbocycles. The maximum atomic E-state index is 13.0. The van der Waals surface area contributed by atoms with Gasteiger partial charge in [-0.2, -0.15) is 0 Å². The molecule has 0 aliphatic heterocycles. The lowest BCUT2D eigenvalue weighted by molar-refractivity contribution is -0.140. The molecule has 0 bridgehead atoms. The van der Waals surface area contributed by atoms with E-state index in [2.05, 4.69) is 5.32 Å². The van der Waals surface area contributed by atoms with Crippen molar-refractivity contribution < 1.29 is 14.3 Å². The summed E-state index contributed by atoms with van der Waals surface area (Å²) >= 11 is 5.71. The minimum Gasteiger partial charge on any atom is -0.480 e. The topological polar surface area (TPSA) is 49.3 Å². The van der Waals surface area contributed by atoms with Crippen molar-refractivity contribution in [3.05, 3.63) is 34.6 Å². The molecule has 1 aromatic rings. The summed E-state index contributed by atoms with van der Waals surface area (Å²) in [5, 5.41) is 12.1. The van der Waals surface area contributed by atoms with E-state index in [9.17, 15) is 9.18 Å². The van der Waals surface area contributed by atoms with Gasteiger partial charge in [0.25, 0.3) is 0 Å². The van der Waals surface area contributed by atoms with Crippen molar-refractivity contribution in [2.24, 2.45) is 5.92 Å². The summed E-state index contributed by atoms with van der Waals surface area (Å²) in [6.07, 6.45) is 0. The van der Waals surface area contributed by atoms with Crippen LogP contribution >= 0.6 is 11.6 Å². The van der Waals surface area contributed by atoms with E-state index in [1.54, 1.807) is 6.07 Å². The Kier molecular flexibility index (Phi) is 4.90. The number of halogens is 2. The van der Waals surface area contributed by atoms with Gasteiger partial charge < -0.3 is 10.4 Å². The third-order valence-corrected chi connectivity index (χ3v) is 2.60. The lowest BCUT2D eigenvalue weighted by atomic mass is 10.0. The fraction of sp³-hybridized carbons (Fsp3) is 0.417. The zero-order valence-corrected chi connectivity index (χ0v) is 10.5. The monoisotopic (exact) mass is 259 g/mol. The summed E-state index contributed by atoms with van der Waals surface area (Å²) in [6, 6.07) is 3.49. The van der Waals surface area contributed by atoms with Crippen LogP contribution in [0.25, 0.3) is 0 Å². The van der Waals surface area contributed by atoms with Gasteiger partial charge in [0, 0.05) is 11.6 Å². The molecule has 17 heavy (non-hydrogen) atoms. The van der Waals surface area contributed by atoms with Crippen LogP contribution in [0, 0.1) is 11.7 Å². The molecular weight excluding hydrogens is 245 g/mol. The van der Waals surface area contributed by atoms with Crippen molar-refractivity contribution in [1.82, 2.24) is 5.32 Å². The van der Waals surface area contributed by atoms with Gasteiger partial charge in [-0.25, -0.2) is 4.39 Å². The zero-order chi connectivity index (χ0) is 13.0. The van der Waals surface area contributed by atoms with Crippen LogP contribution in [-0.2, 0) is 11.3 Å². The van der Waals surface area contributed by atoms with Gasteiger partial charge in [-0.3, -0.25) is 4.79 Å². The molecule has 0 radical (unpaired) electrons. The Labute approximate surface area is 105 Å². The molecule has 0 aliphatic carbocycles. The quantitative estimate of drug-likeness (QED) is 0.855. The van der Waals surface area contributed by atoms with E-state index >= 15 is 0 Å². The van der Waals surface area contributed by atoms with Crippen molar-refractivity contribution >= 4 is 17.6 Å². The minimum absolute atomic E-state index is 0.0449. The number of carboxylic acids is 1. The van der Waals surface area contributed by atoms with Gasteiger partial charge in [-0.05, 0) is 29.7 Å². The molecule has 5 heteroatoms. The molecule has 0 spiro atoms. The Morgan fingerprint density at radius 2 is 2.12 bits per heavy atom. The van der Waals surface area contributed by atoms with Crippen LogP contribution in [-0.4, -0.2) is 17.1 Å².